The Morgan fingerprint density at radius 3 is 2.57 bits per heavy atom. The molecule has 0 amide bonds. The van der Waals surface area contributed by atoms with E-state index in [4.69, 9.17) is 0 Å². The van der Waals surface area contributed by atoms with Crippen molar-refractivity contribution < 1.29 is 13.2 Å². The van der Waals surface area contributed by atoms with Crippen molar-refractivity contribution in [3.05, 3.63) is 12.2 Å². The lowest BCUT2D eigenvalue weighted by Gasteiger charge is -2.31. The lowest BCUT2D eigenvalue weighted by Crippen LogP contribution is -2.57. The fourth-order valence-corrected chi connectivity index (χ4v) is 1.89. The summed E-state index contributed by atoms with van der Waals surface area (Å²) in [6.07, 6.45) is -1.28. The molecule has 5 heteroatoms. The van der Waals surface area contributed by atoms with Gasteiger partial charge in [0, 0.05) is 6.42 Å². The van der Waals surface area contributed by atoms with Gasteiger partial charge in [-0.3, -0.25) is 10.3 Å². The summed E-state index contributed by atoms with van der Waals surface area (Å²) in [5, 5.41) is 2.55. The van der Waals surface area contributed by atoms with Crippen molar-refractivity contribution in [1.29, 1.82) is 0 Å². The Bertz CT molecular complexity index is 327. The largest absolute Gasteiger partial charge is 0.427 e. The Kier molecular flexibility index (Phi) is 1.66. The lowest BCUT2D eigenvalue weighted by atomic mass is 10.00. The number of rotatable bonds is 0. The molecule has 0 aromatic rings. The SMILES string of the molecule is CC1(C)NC2(C(F)(F)F)CC=CC1=N2. The van der Waals surface area contributed by atoms with E-state index in [2.05, 4.69) is 10.3 Å². The van der Waals surface area contributed by atoms with Gasteiger partial charge in [-0.1, -0.05) is 6.08 Å². The van der Waals surface area contributed by atoms with Crippen LogP contribution in [0.4, 0.5) is 13.2 Å². The second-order valence-corrected chi connectivity index (χ2v) is 4.21. The number of nitrogens with zero attached hydrogens (tertiary/aromatic N) is 1. The molecule has 2 nitrogen and oxygen atoms in total. The lowest BCUT2D eigenvalue weighted by molar-refractivity contribution is -0.193. The summed E-state index contributed by atoms with van der Waals surface area (Å²) in [7, 11) is 0. The molecule has 14 heavy (non-hydrogen) atoms. The Labute approximate surface area is 79.9 Å². The van der Waals surface area contributed by atoms with Crippen LogP contribution in [-0.4, -0.2) is 23.1 Å². The maximum Gasteiger partial charge on any atom is 0.427 e. The molecular weight excluding hydrogens is 193 g/mol. The highest BCUT2D eigenvalue weighted by atomic mass is 19.4. The van der Waals surface area contributed by atoms with Crippen LogP contribution in [0.25, 0.3) is 0 Å². The first kappa shape index (κ1) is 9.71. The zero-order valence-electron chi connectivity index (χ0n) is 7.94. The van der Waals surface area contributed by atoms with E-state index < -0.39 is 17.4 Å². The molecule has 0 spiro atoms. The van der Waals surface area contributed by atoms with E-state index in [0.717, 1.165) is 0 Å². The normalized spacial score (nSPS) is 34.5. The van der Waals surface area contributed by atoms with Crippen LogP contribution in [0.2, 0.25) is 0 Å². The molecule has 2 heterocycles. The molecule has 2 aliphatic heterocycles. The molecule has 1 N–H and O–H groups in total. The number of nitrogens with one attached hydrogen (secondary N) is 1. The van der Waals surface area contributed by atoms with Crippen molar-refractivity contribution >= 4 is 5.71 Å². The standard InChI is InChI=1S/C9H11F3N2/c1-7(2)6-4-3-5-8(13-6,14-7)9(10,11)12/h3-4,14H,5H2,1-2H3. The average molecular weight is 204 g/mol. The molecule has 0 aromatic carbocycles. The van der Waals surface area contributed by atoms with Gasteiger partial charge in [0.25, 0.3) is 0 Å². The first-order chi connectivity index (χ1) is 6.27. The van der Waals surface area contributed by atoms with Crippen molar-refractivity contribution in [2.75, 3.05) is 0 Å². The topological polar surface area (TPSA) is 24.4 Å². The van der Waals surface area contributed by atoms with Gasteiger partial charge < -0.3 is 0 Å². The molecule has 0 aromatic heterocycles. The third kappa shape index (κ3) is 1.11. The molecule has 2 bridgehead atoms. The minimum atomic E-state index is -4.34. The predicted octanol–water partition coefficient (Wildman–Crippen LogP) is 2.03. The van der Waals surface area contributed by atoms with Gasteiger partial charge in [0.15, 0.2) is 0 Å². The quantitative estimate of drug-likeness (QED) is 0.641. The molecule has 2 rings (SSSR count). The summed E-state index contributed by atoms with van der Waals surface area (Å²) in [5.74, 6) is 0. The van der Waals surface area contributed by atoms with Gasteiger partial charge in [-0.2, -0.15) is 13.2 Å². The fourth-order valence-electron chi connectivity index (χ4n) is 1.89. The van der Waals surface area contributed by atoms with Gasteiger partial charge in [0.05, 0.1) is 11.3 Å². The molecule has 0 fully saturated rings. The van der Waals surface area contributed by atoms with E-state index in [1.54, 1.807) is 19.9 Å². The molecule has 0 saturated heterocycles. The molecule has 78 valence electrons. The van der Waals surface area contributed by atoms with Crippen molar-refractivity contribution in [3.8, 4) is 0 Å². The van der Waals surface area contributed by atoms with Crippen LogP contribution in [0.1, 0.15) is 20.3 Å². The summed E-state index contributed by atoms with van der Waals surface area (Å²) in [5.41, 5.74) is -2.30. The first-order valence-corrected chi connectivity index (χ1v) is 4.40. The van der Waals surface area contributed by atoms with Crippen molar-refractivity contribution in [2.24, 2.45) is 4.99 Å². The Morgan fingerprint density at radius 1 is 1.43 bits per heavy atom. The van der Waals surface area contributed by atoms with E-state index in [0.29, 0.717) is 5.71 Å². The van der Waals surface area contributed by atoms with Gasteiger partial charge in [-0.25, -0.2) is 0 Å². The van der Waals surface area contributed by atoms with Crippen LogP contribution in [0.3, 0.4) is 0 Å². The van der Waals surface area contributed by atoms with E-state index >= 15 is 0 Å². The minimum Gasteiger partial charge on any atom is -0.275 e. The molecular formula is C9H11F3N2. The molecule has 2 aliphatic rings. The van der Waals surface area contributed by atoms with Crippen molar-refractivity contribution in [1.82, 2.24) is 5.32 Å². The average Bonchev–Trinajstić information content (AvgIpc) is 2.18. The molecule has 1 atom stereocenters. The van der Waals surface area contributed by atoms with Crippen LogP contribution in [0.15, 0.2) is 17.1 Å². The number of fused-ring (bicyclic) bond motifs is 1. The van der Waals surface area contributed by atoms with Crippen molar-refractivity contribution in [2.45, 2.75) is 37.6 Å². The molecule has 0 aliphatic carbocycles. The first-order valence-electron chi connectivity index (χ1n) is 4.40. The predicted molar refractivity (Wildman–Crippen MR) is 47.2 cm³/mol. The second-order valence-electron chi connectivity index (χ2n) is 4.21. The highest BCUT2D eigenvalue weighted by molar-refractivity contribution is 6.04. The van der Waals surface area contributed by atoms with Gasteiger partial charge in [0.1, 0.15) is 0 Å². The number of dihydropyridines is 1. The van der Waals surface area contributed by atoms with E-state index in [-0.39, 0.29) is 6.42 Å². The number of hydrogen-bond donors (Lipinski definition) is 1. The summed E-state index contributed by atoms with van der Waals surface area (Å²) in [6, 6.07) is 0. The Balaban J connectivity index is 2.45. The smallest absolute Gasteiger partial charge is 0.275 e. The van der Waals surface area contributed by atoms with Crippen molar-refractivity contribution in [3.63, 3.8) is 0 Å². The number of alkyl halides is 3. The van der Waals surface area contributed by atoms with E-state index in [1.165, 1.54) is 6.08 Å². The maximum atomic E-state index is 12.8. The van der Waals surface area contributed by atoms with Crippen LogP contribution < -0.4 is 5.32 Å². The van der Waals surface area contributed by atoms with Gasteiger partial charge in [0.2, 0.25) is 5.66 Å². The highest BCUT2D eigenvalue weighted by Gasteiger charge is 2.61. The third-order valence-electron chi connectivity index (χ3n) is 2.63. The summed E-state index contributed by atoms with van der Waals surface area (Å²) < 4.78 is 38.3. The van der Waals surface area contributed by atoms with Crippen LogP contribution >= 0.6 is 0 Å². The van der Waals surface area contributed by atoms with Crippen LogP contribution in [-0.2, 0) is 0 Å². The van der Waals surface area contributed by atoms with E-state index in [9.17, 15) is 13.2 Å². The summed E-state index contributed by atoms with van der Waals surface area (Å²) in [4.78, 5) is 3.74. The van der Waals surface area contributed by atoms with Gasteiger partial charge >= 0.3 is 6.18 Å². The fraction of sp³-hybridized carbons (Fsp3) is 0.667. The second kappa shape index (κ2) is 2.39. The van der Waals surface area contributed by atoms with Gasteiger partial charge in [-0.15, -0.1) is 0 Å². The zero-order chi connectivity index (χ0) is 10.6. The zero-order valence-corrected chi connectivity index (χ0v) is 7.94. The minimum absolute atomic E-state index is 0.122. The van der Waals surface area contributed by atoms with Gasteiger partial charge in [-0.05, 0) is 19.9 Å². The maximum absolute atomic E-state index is 12.8. The summed E-state index contributed by atoms with van der Waals surface area (Å²) >= 11 is 0. The van der Waals surface area contributed by atoms with Crippen LogP contribution in [0, 0.1) is 0 Å². The highest BCUT2D eigenvalue weighted by Crippen LogP contribution is 2.42. The molecule has 0 saturated carbocycles. The monoisotopic (exact) mass is 204 g/mol. The summed E-state index contributed by atoms with van der Waals surface area (Å²) in [6.45, 7) is 3.41. The number of aliphatic imine (C=N–C) groups is 1. The van der Waals surface area contributed by atoms with E-state index in [1.807, 2.05) is 0 Å². The molecule has 1 unspecified atom stereocenters. The third-order valence-corrected chi connectivity index (χ3v) is 2.63. The Morgan fingerprint density at radius 2 is 2.07 bits per heavy atom. The number of halogens is 3. The Hall–Kier alpha value is -0.840. The molecule has 0 radical (unpaired) electrons. The van der Waals surface area contributed by atoms with Crippen LogP contribution in [0.5, 0.6) is 0 Å². The number of hydrogen-bond acceptors (Lipinski definition) is 2.